The van der Waals surface area contributed by atoms with Gasteiger partial charge in [-0.1, -0.05) is 24.3 Å². The SMILES string of the molecule is Cc1cccc2ccc3c4c(oc3c12)CN=C4. The van der Waals surface area contributed by atoms with Crippen LogP contribution in [-0.2, 0) is 6.54 Å². The third-order valence-corrected chi connectivity index (χ3v) is 3.48. The van der Waals surface area contributed by atoms with Gasteiger partial charge >= 0.3 is 0 Å². The van der Waals surface area contributed by atoms with Crippen molar-refractivity contribution in [2.45, 2.75) is 13.5 Å². The minimum absolute atomic E-state index is 0.678. The summed E-state index contributed by atoms with van der Waals surface area (Å²) in [7, 11) is 0. The lowest BCUT2D eigenvalue weighted by atomic mass is 10.0. The highest BCUT2D eigenvalue weighted by Gasteiger charge is 2.18. The highest BCUT2D eigenvalue weighted by atomic mass is 16.3. The third-order valence-electron chi connectivity index (χ3n) is 3.48. The van der Waals surface area contributed by atoms with Crippen LogP contribution in [0.3, 0.4) is 0 Å². The Morgan fingerprint density at radius 3 is 3.06 bits per heavy atom. The van der Waals surface area contributed by atoms with Gasteiger partial charge in [-0.05, 0) is 23.9 Å². The van der Waals surface area contributed by atoms with Crippen LogP contribution in [-0.4, -0.2) is 6.21 Å². The number of aryl methyl sites for hydroxylation is 1. The van der Waals surface area contributed by atoms with Crippen molar-refractivity contribution in [1.82, 2.24) is 0 Å². The molecule has 0 amide bonds. The standard InChI is InChI=1S/C15H11NO/c1-9-3-2-4-10-5-6-11-12-7-16-8-13(12)17-15(11)14(9)10/h2-7H,8H2,1H3. The number of nitrogens with zero attached hydrogens (tertiary/aromatic N) is 1. The Morgan fingerprint density at radius 2 is 2.12 bits per heavy atom. The zero-order chi connectivity index (χ0) is 11.4. The molecule has 2 aromatic carbocycles. The monoisotopic (exact) mass is 221 g/mol. The molecule has 2 nitrogen and oxygen atoms in total. The summed E-state index contributed by atoms with van der Waals surface area (Å²) in [5.41, 5.74) is 3.43. The molecule has 0 atom stereocenters. The first-order chi connectivity index (χ1) is 8.34. The summed E-state index contributed by atoms with van der Waals surface area (Å²) in [6.45, 7) is 2.81. The summed E-state index contributed by atoms with van der Waals surface area (Å²) < 4.78 is 5.98. The van der Waals surface area contributed by atoms with E-state index in [1.165, 1.54) is 21.7 Å². The molecule has 17 heavy (non-hydrogen) atoms. The summed E-state index contributed by atoms with van der Waals surface area (Å²) in [6, 6.07) is 10.6. The van der Waals surface area contributed by atoms with Crippen LogP contribution in [0, 0.1) is 6.92 Å². The summed E-state index contributed by atoms with van der Waals surface area (Å²) in [5, 5.41) is 3.65. The molecule has 0 bridgehead atoms. The van der Waals surface area contributed by atoms with Gasteiger partial charge in [0.2, 0.25) is 0 Å². The number of aliphatic imine (C=N–C) groups is 1. The molecule has 82 valence electrons. The van der Waals surface area contributed by atoms with Gasteiger partial charge in [0.1, 0.15) is 11.3 Å². The smallest absolute Gasteiger partial charge is 0.143 e. The predicted octanol–water partition coefficient (Wildman–Crippen LogP) is 3.83. The minimum Gasteiger partial charge on any atom is -0.458 e. The van der Waals surface area contributed by atoms with Crippen molar-refractivity contribution in [3.8, 4) is 0 Å². The van der Waals surface area contributed by atoms with Crippen molar-refractivity contribution in [2.24, 2.45) is 4.99 Å². The van der Waals surface area contributed by atoms with Gasteiger partial charge < -0.3 is 4.42 Å². The number of hydrogen-bond acceptors (Lipinski definition) is 2. The Hall–Kier alpha value is -2.09. The van der Waals surface area contributed by atoms with E-state index in [9.17, 15) is 0 Å². The van der Waals surface area contributed by atoms with Gasteiger partial charge in [0, 0.05) is 22.6 Å². The molecule has 0 saturated carbocycles. The fourth-order valence-corrected chi connectivity index (χ4v) is 2.65. The van der Waals surface area contributed by atoms with Crippen LogP contribution < -0.4 is 0 Å². The van der Waals surface area contributed by atoms with Crippen LogP contribution in [0.25, 0.3) is 21.7 Å². The molecule has 0 N–H and O–H groups in total. The molecule has 1 aliphatic heterocycles. The number of fused-ring (bicyclic) bond motifs is 5. The quantitative estimate of drug-likeness (QED) is 0.566. The van der Waals surface area contributed by atoms with E-state index in [2.05, 4.69) is 42.2 Å². The first kappa shape index (κ1) is 8.99. The van der Waals surface area contributed by atoms with Gasteiger partial charge in [0.15, 0.2) is 0 Å². The zero-order valence-electron chi connectivity index (χ0n) is 9.53. The lowest BCUT2D eigenvalue weighted by molar-refractivity contribution is 0.559. The van der Waals surface area contributed by atoms with Crippen molar-refractivity contribution in [3.05, 3.63) is 47.2 Å². The molecule has 1 aromatic heterocycles. The van der Waals surface area contributed by atoms with E-state index in [1.54, 1.807) is 0 Å². The lowest BCUT2D eigenvalue weighted by Gasteiger charge is -2.02. The maximum absolute atomic E-state index is 5.98. The molecule has 0 saturated heterocycles. The Kier molecular flexibility index (Phi) is 1.57. The molecule has 0 fully saturated rings. The molecule has 0 radical (unpaired) electrons. The molecule has 0 aliphatic carbocycles. The second kappa shape index (κ2) is 2.98. The maximum Gasteiger partial charge on any atom is 0.143 e. The summed E-state index contributed by atoms with van der Waals surface area (Å²) >= 11 is 0. The van der Waals surface area contributed by atoms with E-state index in [1.807, 2.05) is 6.21 Å². The van der Waals surface area contributed by atoms with Crippen LogP contribution in [0.15, 0.2) is 39.7 Å². The van der Waals surface area contributed by atoms with Crippen LogP contribution in [0.1, 0.15) is 16.9 Å². The largest absolute Gasteiger partial charge is 0.458 e. The number of benzene rings is 2. The van der Waals surface area contributed by atoms with Crippen molar-refractivity contribution in [1.29, 1.82) is 0 Å². The minimum atomic E-state index is 0.678. The van der Waals surface area contributed by atoms with Crippen molar-refractivity contribution in [3.63, 3.8) is 0 Å². The van der Waals surface area contributed by atoms with Gasteiger partial charge in [0.05, 0.1) is 6.54 Å². The number of hydrogen-bond donors (Lipinski definition) is 0. The summed E-state index contributed by atoms with van der Waals surface area (Å²) in [6.07, 6.45) is 1.92. The Balaban J connectivity index is 2.28. The zero-order valence-corrected chi connectivity index (χ0v) is 9.53. The summed E-state index contributed by atoms with van der Waals surface area (Å²) in [4.78, 5) is 4.25. The number of rotatable bonds is 0. The van der Waals surface area contributed by atoms with Crippen molar-refractivity contribution in [2.75, 3.05) is 0 Å². The van der Waals surface area contributed by atoms with Crippen molar-refractivity contribution < 1.29 is 4.42 Å². The molecular formula is C15H11NO. The Labute approximate surface area is 98.6 Å². The topological polar surface area (TPSA) is 25.5 Å². The molecule has 0 spiro atoms. The normalized spacial score (nSPS) is 13.7. The van der Waals surface area contributed by atoms with E-state index in [0.29, 0.717) is 6.54 Å². The summed E-state index contributed by atoms with van der Waals surface area (Å²) in [5.74, 6) is 0.996. The van der Waals surface area contributed by atoms with Crippen LogP contribution in [0.5, 0.6) is 0 Å². The average molecular weight is 221 g/mol. The van der Waals surface area contributed by atoms with Gasteiger partial charge in [-0.25, -0.2) is 0 Å². The van der Waals surface area contributed by atoms with E-state index in [0.717, 1.165) is 16.9 Å². The van der Waals surface area contributed by atoms with Gasteiger partial charge in [-0.15, -0.1) is 0 Å². The van der Waals surface area contributed by atoms with E-state index < -0.39 is 0 Å². The average Bonchev–Trinajstić information content (AvgIpc) is 2.88. The lowest BCUT2D eigenvalue weighted by Crippen LogP contribution is -1.80. The highest BCUT2D eigenvalue weighted by Crippen LogP contribution is 2.34. The molecule has 2 heteroatoms. The molecule has 1 aliphatic rings. The second-order valence-corrected chi connectivity index (χ2v) is 4.52. The molecule has 2 heterocycles. The third kappa shape index (κ3) is 1.07. The first-order valence-corrected chi connectivity index (χ1v) is 5.78. The first-order valence-electron chi connectivity index (χ1n) is 5.78. The van der Waals surface area contributed by atoms with E-state index in [4.69, 9.17) is 4.42 Å². The van der Waals surface area contributed by atoms with Crippen LogP contribution >= 0.6 is 0 Å². The van der Waals surface area contributed by atoms with Crippen LogP contribution in [0.4, 0.5) is 0 Å². The second-order valence-electron chi connectivity index (χ2n) is 4.52. The molecule has 0 unspecified atom stereocenters. The van der Waals surface area contributed by atoms with Gasteiger partial charge in [0.25, 0.3) is 0 Å². The highest BCUT2D eigenvalue weighted by molar-refractivity contribution is 6.12. The van der Waals surface area contributed by atoms with Gasteiger partial charge in [-0.2, -0.15) is 0 Å². The fraction of sp³-hybridized carbons (Fsp3) is 0.133. The molecular weight excluding hydrogens is 210 g/mol. The molecule has 3 aromatic rings. The van der Waals surface area contributed by atoms with Crippen LogP contribution in [0.2, 0.25) is 0 Å². The van der Waals surface area contributed by atoms with Crippen molar-refractivity contribution >= 4 is 28.0 Å². The fourth-order valence-electron chi connectivity index (χ4n) is 2.65. The van der Waals surface area contributed by atoms with E-state index in [-0.39, 0.29) is 0 Å². The van der Waals surface area contributed by atoms with E-state index >= 15 is 0 Å². The predicted molar refractivity (Wildman–Crippen MR) is 69.8 cm³/mol. The maximum atomic E-state index is 5.98. The molecule has 4 rings (SSSR count). The van der Waals surface area contributed by atoms with Gasteiger partial charge in [-0.3, -0.25) is 4.99 Å². The number of furan rings is 1. The Morgan fingerprint density at radius 1 is 1.18 bits per heavy atom. The Bertz CT molecular complexity index is 780.